The molecule has 2 N–H and O–H groups in total. The van der Waals surface area contributed by atoms with E-state index in [0.29, 0.717) is 0 Å². The number of hydrogen-bond donors (Lipinski definition) is 1. The van der Waals surface area contributed by atoms with Crippen molar-refractivity contribution in [1.82, 2.24) is 0 Å². The van der Waals surface area contributed by atoms with Gasteiger partial charge in [-0.2, -0.15) is 0 Å². The quantitative estimate of drug-likeness (QED) is 0.472. The SMILES string of the molecule is C=CC(=O)OCC(CN)OC(=O)C=C. The minimum Gasteiger partial charge on any atom is -0.459 e. The van der Waals surface area contributed by atoms with E-state index in [4.69, 9.17) is 10.5 Å². The third-order valence-electron chi connectivity index (χ3n) is 1.29. The molecule has 0 aromatic rings. The second kappa shape index (κ2) is 6.85. The molecule has 14 heavy (non-hydrogen) atoms. The Labute approximate surface area is 82.2 Å². The van der Waals surface area contributed by atoms with E-state index in [1.54, 1.807) is 0 Å². The molecule has 0 aliphatic carbocycles. The summed E-state index contributed by atoms with van der Waals surface area (Å²) in [6.07, 6.45) is 1.38. The summed E-state index contributed by atoms with van der Waals surface area (Å²) >= 11 is 0. The van der Waals surface area contributed by atoms with Crippen molar-refractivity contribution < 1.29 is 19.1 Å². The number of carbonyl (C=O) groups is 2. The molecule has 0 aliphatic rings. The Balaban J connectivity index is 3.90. The summed E-state index contributed by atoms with van der Waals surface area (Å²) < 4.78 is 9.39. The van der Waals surface area contributed by atoms with E-state index in [1.165, 1.54) is 0 Å². The molecular formula is C9H13NO4. The first-order valence-corrected chi connectivity index (χ1v) is 3.96. The Morgan fingerprint density at radius 3 is 2.29 bits per heavy atom. The summed E-state index contributed by atoms with van der Waals surface area (Å²) in [5.74, 6) is -1.19. The lowest BCUT2D eigenvalue weighted by Crippen LogP contribution is -2.31. The van der Waals surface area contributed by atoms with E-state index < -0.39 is 18.0 Å². The van der Waals surface area contributed by atoms with Crippen LogP contribution in [0.1, 0.15) is 0 Å². The zero-order chi connectivity index (χ0) is 11.0. The van der Waals surface area contributed by atoms with Crippen molar-refractivity contribution in [2.45, 2.75) is 6.10 Å². The number of carbonyl (C=O) groups excluding carboxylic acids is 2. The first kappa shape index (κ1) is 12.4. The van der Waals surface area contributed by atoms with Gasteiger partial charge in [0.25, 0.3) is 0 Å². The Bertz CT molecular complexity index is 237. The molecule has 0 radical (unpaired) electrons. The summed E-state index contributed by atoms with van der Waals surface area (Å²) in [6, 6.07) is 0. The highest BCUT2D eigenvalue weighted by molar-refractivity contribution is 5.82. The van der Waals surface area contributed by atoms with E-state index in [0.717, 1.165) is 12.2 Å². The van der Waals surface area contributed by atoms with Crippen molar-refractivity contribution in [1.29, 1.82) is 0 Å². The van der Waals surface area contributed by atoms with Gasteiger partial charge in [-0.3, -0.25) is 0 Å². The summed E-state index contributed by atoms with van der Waals surface area (Å²) in [5, 5.41) is 0. The molecule has 5 heteroatoms. The molecule has 0 bridgehead atoms. The van der Waals surface area contributed by atoms with Gasteiger partial charge in [-0.05, 0) is 0 Å². The summed E-state index contributed by atoms with van der Waals surface area (Å²) in [7, 11) is 0. The predicted molar refractivity (Wildman–Crippen MR) is 50.3 cm³/mol. The van der Waals surface area contributed by atoms with Gasteiger partial charge in [0.05, 0.1) is 0 Å². The van der Waals surface area contributed by atoms with Gasteiger partial charge in [0.1, 0.15) is 12.7 Å². The summed E-state index contributed by atoms with van der Waals surface area (Å²) in [5.41, 5.74) is 5.27. The average Bonchev–Trinajstić information content (AvgIpc) is 2.22. The topological polar surface area (TPSA) is 78.6 Å². The Morgan fingerprint density at radius 1 is 1.29 bits per heavy atom. The van der Waals surface area contributed by atoms with Crippen LogP contribution in [0.3, 0.4) is 0 Å². The van der Waals surface area contributed by atoms with Gasteiger partial charge in [0, 0.05) is 18.7 Å². The molecule has 78 valence electrons. The molecule has 0 aromatic heterocycles. The van der Waals surface area contributed by atoms with Crippen molar-refractivity contribution in [3.05, 3.63) is 25.3 Å². The van der Waals surface area contributed by atoms with Crippen LogP contribution in [0.25, 0.3) is 0 Å². The molecule has 0 amide bonds. The highest BCUT2D eigenvalue weighted by Crippen LogP contribution is 1.94. The highest BCUT2D eigenvalue weighted by Gasteiger charge is 2.12. The molecule has 0 spiro atoms. The fraction of sp³-hybridized carbons (Fsp3) is 0.333. The van der Waals surface area contributed by atoms with E-state index in [1.807, 2.05) is 0 Å². The van der Waals surface area contributed by atoms with Crippen LogP contribution in [-0.2, 0) is 19.1 Å². The van der Waals surface area contributed by atoms with Crippen molar-refractivity contribution in [2.75, 3.05) is 13.2 Å². The molecule has 5 nitrogen and oxygen atoms in total. The molecule has 0 heterocycles. The van der Waals surface area contributed by atoms with Crippen LogP contribution >= 0.6 is 0 Å². The molecule has 0 saturated carbocycles. The van der Waals surface area contributed by atoms with Gasteiger partial charge in [-0.1, -0.05) is 13.2 Å². The maximum Gasteiger partial charge on any atom is 0.330 e. The maximum absolute atomic E-state index is 10.7. The van der Waals surface area contributed by atoms with Crippen LogP contribution in [0, 0.1) is 0 Å². The lowest BCUT2D eigenvalue weighted by atomic mass is 10.4. The molecule has 1 atom stereocenters. The zero-order valence-corrected chi connectivity index (χ0v) is 7.77. The zero-order valence-electron chi connectivity index (χ0n) is 7.77. The van der Waals surface area contributed by atoms with Gasteiger partial charge in [0.2, 0.25) is 0 Å². The normalized spacial score (nSPS) is 11.2. The first-order valence-electron chi connectivity index (χ1n) is 3.96. The molecular weight excluding hydrogens is 186 g/mol. The smallest absolute Gasteiger partial charge is 0.330 e. The van der Waals surface area contributed by atoms with Gasteiger partial charge in [-0.25, -0.2) is 9.59 Å². The Hall–Kier alpha value is -1.62. The number of rotatable bonds is 6. The van der Waals surface area contributed by atoms with Crippen LogP contribution in [0.2, 0.25) is 0 Å². The fourth-order valence-electron chi connectivity index (χ4n) is 0.597. The first-order chi connectivity index (χ1) is 6.63. The van der Waals surface area contributed by atoms with Gasteiger partial charge in [-0.15, -0.1) is 0 Å². The number of esters is 2. The van der Waals surface area contributed by atoms with Crippen LogP contribution in [0.4, 0.5) is 0 Å². The van der Waals surface area contributed by atoms with E-state index in [2.05, 4.69) is 17.9 Å². The number of hydrogen-bond acceptors (Lipinski definition) is 5. The lowest BCUT2D eigenvalue weighted by Gasteiger charge is -2.14. The third-order valence-corrected chi connectivity index (χ3v) is 1.29. The number of ether oxygens (including phenoxy) is 2. The Morgan fingerprint density at radius 2 is 1.86 bits per heavy atom. The standard InChI is InChI=1S/C9H13NO4/c1-3-8(11)13-6-7(5-10)14-9(12)4-2/h3-4,7H,1-2,5-6,10H2. The molecule has 1 unspecified atom stereocenters. The largest absolute Gasteiger partial charge is 0.459 e. The average molecular weight is 199 g/mol. The molecule has 0 aliphatic heterocycles. The number of nitrogens with two attached hydrogens (primary N) is 1. The van der Waals surface area contributed by atoms with Crippen LogP contribution in [0.15, 0.2) is 25.3 Å². The van der Waals surface area contributed by atoms with Gasteiger partial charge < -0.3 is 15.2 Å². The maximum atomic E-state index is 10.7. The van der Waals surface area contributed by atoms with Crippen LogP contribution in [0.5, 0.6) is 0 Å². The van der Waals surface area contributed by atoms with Crippen molar-refractivity contribution in [3.8, 4) is 0 Å². The van der Waals surface area contributed by atoms with Crippen molar-refractivity contribution in [3.63, 3.8) is 0 Å². The lowest BCUT2D eigenvalue weighted by molar-refractivity contribution is -0.152. The van der Waals surface area contributed by atoms with E-state index in [-0.39, 0.29) is 13.2 Å². The second-order valence-corrected chi connectivity index (χ2v) is 2.33. The fourth-order valence-corrected chi connectivity index (χ4v) is 0.597. The predicted octanol–water partition coefficient (Wildman–Crippen LogP) is -0.228. The summed E-state index contributed by atoms with van der Waals surface area (Å²) in [4.78, 5) is 21.4. The van der Waals surface area contributed by atoms with Crippen molar-refractivity contribution in [2.24, 2.45) is 5.73 Å². The van der Waals surface area contributed by atoms with E-state index >= 15 is 0 Å². The molecule has 0 fully saturated rings. The molecule has 0 rings (SSSR count). The minimum absolute atomic E-state index is 0.0734. The Kier molecular flexibility index (Phi) is 6.06. The van der Waals surface area contributed by atoms with Gasteiger partial charge >= 0.3 is 11.9 Å². The monoisotopic (exact) mass is 199 g/mol. The second-order valence-electron chi connectivity index (χ2n) is 2.33. The molecule has 0 saturated heterocycles. The third kappa shape index (κ3) is 5.10. The van der Waals surface area contributed by atoms with E-state index in [9.17, 15) is 9.59 Å². The minimum atomic E-state index is -0.649. The molecule has 0 aromatic carbocycles. The summed E-state index contributed by atoms with van der Waals surface area (Å²) in [6.45, 7) is 6.42. The van der Waals surface area contributed by atoms with Gasteiger partial charge in [0.15, 0.2) is 0 Å². The van der Waals surface area contributed by atoms with Crippen molar-refractivity contribution >= 4 is 11.9 Å². The highest BCUT2D eigenvalue weighted by atomic mass is 16.6. The van der Waals surface area contributed by atoms with Crippen LogP contribution < -0.4 is 5.73 Å². The van der Waals surface area contributed by atoms with Crippen LogP contribution in [-0.4, -0.2) is 31.2 Å².